The number of amides is 2. The molecule has 2 unspecified atom stereocenters. The minimum absolute atomic E-state index is 0.0767. The molecule has 3 rings (SSSR count). The molecule has 2 aromatic carbocycles. The van der Waals surface area contributed by atoms with E-state index in [9.17, 15) is 9.59 Å². The summed E-state index contributed by atoms with van der Waals surface area (Å²) < 4.78 is 0. The lowest BCUT2D eigenvalue weighted by Gasteiger charge is -2.19. The molecule has 2 aromatic rings. The number of rotatable bonds is 4. The zero-order valence-corrected chi connectivity index (χ0v) is 18.3. The third-order valence-corrected chi connectivity index (χ3v) is 5.50. The summed E-state index contributed by atoms with van der Waals surface area (Å²) in [5, 5.41) is 5.87. The molecular weight excluding hydrogens is 360 g/mol. The number of anilines is 2. The van der Waals surface area contributed by atoms with Crippen molar-refractivity contribution in [3.63, 3.8) is 0 Å². The number of carbonyl (C=O) groups excluding carboxylic acids is 2. The smallest absolute Gasteiger partial charge is 0.228 e. The molecular formula is C25H32N2O2. The summed E-state index contributed by atoms with van der Waals surface area (Å²) in [6.07, 6.45) is 0.595. The van der Waals surface area contributed by atoms with Gasteiger partial charge in [-0.05, 0) is 52.6 Å². The van der Waals surface area contributed by atoms with Gasteiger partial charge in [0.15, 0.2) is 0 Å². The maximum absolute atomic E-state index is 12.5. The number of carbonyl (C=O) groups is 2. The van der Waals surface area contributed by atoms with Gasteiger partial charge in [-0.2, -0.15) is 0 Å². The molecule has 1 aliphatic carbocycles. The van der Waals surface area contributed by atoms with Gasteiger partial charge in [0.05, 0.1) is 11.8 Å². The van der Waals surface area contributed by atoms with Crippen molar-refractivity contribution >= 4 is 23.2 Å². The number of nitrogens with one attached hydrogen (secondary N) is 2. The molecule has 2 atom stereocenters. The molecule has 0 bridgehead atoms. The van der Waals surface area contributed by atoms with Crippen LogP contribution in [-0.2, 0) is 20.4 Å². The largest absolute Gasteiger partial charge is 0.326 e. The average Bonchev–Trinajstić information content (AvgIpc) is 3.42. The molecule has 0 spiro atoms. The molecule has 1 saturated carbocycles. The molecule has 2 amide bonds. The van der Waals surface area contributed by atoms with Crippen molar-refractivity contribution in [2.45, 2.75) is 58.8 Å². The summed E-state index contributed by atoms with van der Waals surface area (Å²) >= 11 is 0. The molecule has 0 aromatic heterocycles. The SMILES string of the molecule is CC(C)(C)c1ccc(NC(=O)C2CC2C(=O)Nc2ccc(C(C)(C)C)cc2)cc1. The van der Waals surface area contributed by atoms with E-state index >= 15 is 0 Å². The van der Waals surface area contributed by atoms with E-state index in [-0.39, 0.29) is 34.5 Å². The van der Waals surface area contributed by atoms with Gasteiger partial charge in [0.2, 0.25) is 11.8 Å². The van der Waals surface area contributed by atoms with Gasteiger partial charge in [0.1, 0.15) is 0 Å². The van der Waals surface area contributed by atoms with E-state index in [1.807, 2.05) is 48.5 Å². The highest BCUT2D eigenvalue weighted by Gasteiger charge is 2.48. The third-order valence-electron chi connectivity index (χ3n) is 5.50. The maximum Gasteiger partial charge on any atom is 0.228 e. The summed E-state index contributed by atoms with van der Waals surface area (Å²) in [6, 6.07) is 15.8. The maximum atomic E-state index is 12.5. The van der Waals surface area contributed by atoms with E-state index in [4.69, 9.17) is 0 Å². The third kappa shape index (κ3) is 5.26. The fraction of sp³-hybridized carbons (Fsp3) is 0.440. The van der Waals surface area contributed by atoms with E-state index in [2.05, 4.69) is 52.2 Å². The van der Waals surface area contributed by atoms with Crippen molar-refractivity contribution in [2.24, 2.45) is 11.8 Å². The van der Waals surface area contributed by atoms with Crippen molar-refractivity contribution in [3.8, 4) is 0 Å². The highest BCUT2D eigenvalue weighted by atomic mass is 16.2. The minimum atomic E-state index is -0.258. The van der Waals surface area contributed by atoms with Gasteiger partial charge in [-0.1, -0.05) is 65.8 Å². The Balaban J connectivity index is 1.53. The first-order valence-corrected chi connectivity index (χ1v) is 10.3. The van der Waals surface area contributed by atoms with Crippen molar-refractivity contribution < 1.29 is 9.59 Å². The van der Waals surface area contributed by atoms with Crippen molar-refractivity contribution in [1.82, 2.24) is 0 Å². The average molecular weight is 393 g/mol. The Hall–Kier alpha value is -2.62. The molecule has 154 valence electrons. The lowest BCUT2D eigenvalue weighted by Crippen LogP contribution is -2.21. The van der Waals surface area contributed by atoms with E-state index < -0.39 is 0 Å². The summed E-state index contributed by atoms with van der Waals surface area (Å²) in [6.45, 7) is 12.9. The van der Waals surface area contributed by atoms with Crippen molar-refractivity contribution in [1.29, 1.82) is 0 Å². The van der Waals surface area contributed by atoms with Crippen LogP contribution in [0, 0.1) is 11.8 Å². The van der Waals surface area contributed by atoms with Gasteiger partial charge in [-0.25, -0.2) is 0 Å². The predicted octanol–water partition coefficient (Wildman–Crippen LogP) is 5.49. The quantitative estimate of drug-likeness (QED) is 0.722. The van der Waals surface area contributed by atoms with Gasteiger partial charge >= 0.3 is 0 Å². The van der Waals surface area contributed by atoms with Gasteiger partial charge in [-0.3, -0.25) is 9.59 Å². The Labute approximate surface area is 174 Å². The molecule has 0 aliphatic heterocycles. The lowest BCUT2D eigenvalue weighted by atomic mass is 9.87. The Kier molecular flexibility index (Phi) is 5.57. The van der Waals surface area contributed by atoms with E-state index in [1.54, 1.807) is 0 Å². The van der Waals surface area contributed by atoms with Crippen LogP contribution in [0.15, 0.2) is 48.5 Å². The summed E-state index contributed by atoms with van der Waals surface area (Å²) in [7, 11) is 0. The first-order chi connectivity index (χ1) is 13.4. The second-order valence-electron chi connectivity index (χ2n) is 10.1. The first kappa shape index (κ1) is 21.1. The molecule has 1 fully saturated rings. The van der Waals surface area contributed by atoms with E-state index in [0.717, 1.165) is 11.4 Å². The fourth-order valence-corrected chi connectivity index (χ4v) is 3.35. The Bertz CT molecular complexity index is 809. The lowest BCUT2D eigenvalue weighted by molar-refractivity contribution is -0.122. The van der Waals surface area contributed by atoms with Gasteiger partial charge < -0.3 is 10.6 Å². The standard InChI is InChI=1S/C25H32N2O2/c1-24(2,3)16-7-11-18(12-8-16)26-22(28)20-15-21(20)23(29)27-19-13-9-17(10-14-19)25(4,5)6/h7-14,20-21H,15H2,1-6H3,(H,26,28)(H,27,29). The number of hydrogen-bond donors (Lipinski definition) is 2. The Morgan fingerprint density at radius 3 is 1.24 bits per heavy atom. The van der Waals surface area contributed by atoms with Crippen LogP contribution in [0.3, 0.4) is 0 Å². The highest BCUT2D eigenvalue weighted by Crippen LogP contribution is 2.40. The number of benzene rings is 2. The summed E-state index contributed by atoms with van der Waals surface area (Å²) in [4.78, 5) is 25.0. The topological polar surface area (TPSA) is 58.2 Å². The van der Waals surface area contributed by atoms with Crippen LogP contribution < -0.4 is 10.6 Å². The zero-order valence-electron chi connectivity index (χ0n) is 18.3. The molecule has 1 aliphatic rings. The van der Waals surface area contributed by atoms with Crippen LogP contribution in [0.4, 0.5) is 11.4 Å². The van der Waals surface area contributed by atoms with Crippen LogP contribution >= 0.6 is 0 Å². The normalized spacial score (nSPS) is 18.8. The zero-order chi connectivity index (χ0) is 21.4. The van der Waals surface area contributed by atoms with E-state index in [1.165, 1.54) is 11.1 Å². The first-order valence-electron chi connectivity index (χ1n) is 10.3. The van der Waals surface area contributed by atoms with Crippen LogP contribution in [0.1, 0.15) is 59.1 Å². The van der Waals surface area contributed by atoms with Gasteiger partial charge in [0.25, 0.3) is 0 Å². The minimum Gasteiger partial charge on any atom is -0.326 e. The van der Waals surface area contributed by atoms with Crippen molar-refractivity contribution in [2.75, 3.05) is 10.6 Å². The molecule has 0 heterocycles. The Morgan fingerprint density at radius 2 is 0.966 bits per heavy atom. The molecule has 0 radical (unpaired) electrons. The van der Waals surface area contributed by atoms with Crippen LogP contribution in [0.2, 0.25) is 0 Å². The van der Waals surface area contributed by atoms with E-state index in [0.29, 0.717) is 6.42 Å². The van der Waals surface area contributed by atoms with Crippen LogP contribution in [0.25, 0.3) is 0 Å². The van der Waals surface area contributed by atoms with Gasteiger partial charge in [0, 0.05) is 11.4 Å². The molecule has 2 N–H and O–H groups in total. The number of hydrogen-bond acceptors (Lipinski definition) is 2. The Morgan fingerprint density at radius 1 is 0.655 bits per heavy atom. The summed E-state index contributed by atoms with van der Waals surface area (Å²) in [5.74, 6) is -0.689. The molecule has 0 saturated heterocycles. The molecule has 4 heteroatoms. The molecule has 4 nitrogen and oxygen atoms in total. The van der Waals surface area contributed by atoms with Gasteiger partial charge in [-0.15, -0.1) is 0 Å². The second-order valence-corrected chi connectivity index (χ2v) is 10.1. The molecule has 29 heavy (non-hydrogen) atoms. The fourth-order valence-electron chi connectivity index (χ4n) is 3.35. The van der Waals surface area contributed by atoms with Crippen LogP contribution in [-0.4, -0.2) is 11.8 Å². The van der Waals surface area contributed by atoms with Crippen LogP contribution in [0.5, 0.6) is 0 Å². The second kappa shape index (κ2) is 7.66. The van der Waals surface area contributed by atoms with Crippen molar-refractivity contribution in [3.05, 3.63) is 59.7 Å². The monoisotopic (exact) mass is 392 g/mol. The highest BCUT2D eigenvalue weighted by molar-refractivity contribution is 6.03. The predicted molar refractivity (Wildman–Crippen MR) is 119 cm³/mol. The summed E-state index contributed by atoms with van der Waals surface area (Å²) in [5.41, 5.74) is 4.13.